The second-order valence-electron chi connectivity index (χ2n) is 5.64. The van der Waals surface area contributed by atoms with Crippen LogP contribution < -0.4 is 10.5 Å². The zero-order valence-corrected chi connectivity index (χ0v) is 13.7. The Bertz CT molecular complexity index is 803. The van der Waals surface area contributed by atoms with E-state index in [1.807, 2.05) is 0 Å². The van der Waals surface area contributed by atoms with Crippen LogP contribution in [0.1, 0.15) is 22.5 Å². The minimum atomic E-state index is -3.68. The van der Waals surface area contributed by atoms with Crippen LogP contribution in [0.4, 0.5) is 0 Å². The third kappa shape index (κ3) is 3.64. The summed E-state index contributed by atoms with van der Waals surface area (Å²) in [6.07, 6.45) is 2.15. The Hall–Kier alpha value is -2.23. The van der Waals surface area contributed by atoms with Crippen LogP contribution in [0.25, 0.3) is 0 Å². The smallest absolute Gasteiger partial charge is 0.253 e. The van der Waals surface area contributed by atoms with Crippen LogP contribution in [-0.2, 0) is 16.6 Å². The van der Waals surface area contributed by atoms with Gasteiger partial charge in [0.1, 0.15) is 6.26 Å². The molecule has 1 aromatic carbocycles. The van der Waals surface area contributed by atoms with Crippen LogP contribution in [0.2, 0.25) is 0 Å². The van der Waals surface area contributed by atoms with E-state index < -0.39 is 10.0 Å². The van der Waals surface area contributed by atoms with E-state index >= 15 is 0 Å². The van der Waals surface area contributed by atoms with Crippen LogP contribution in [0.15, 0.2) is 46.0 Å². The van der Waals surface area contributed by atoms with E-state index in [9.17, 15) is 13.2 Å². The fraction of sp³-hybridized carbons (Fsp3) is 0.333. The molecule has 2 heterocycles. The van der Waals surface area contributed by atoms with Crippen molar-refractivity contribution in [3.63, 3.8) is 0 Å². The lowest BCUT2D eigenvalue weighted by molar-refractivity contribution is 0.0791. The fourth-order valence-electron chi connectivity index (χ4n) is 2.51. The van der Waals surface area contributed by atoms with Crippen LogP contribution in [0.5, 0.6) is 0 Å². The molecule has 2 aromatic rings. The van der Waals surface area contributed by atoms with Gasteiger partial charge in [-0.05, 0) is 30.7 Å². The molecular formula is C15H18N4O4S. The molecule has 0 radical (unpaired) electrons. The van der Waals surface area contributed by atoms with Crippen LogP contribution in [0, 0.1) is 0 Å². The Balaban J connectivity index is 1.68. The molecular weight excluding hydrogens is 332 g/mol. The molecule has 1 atom stereocenters. The van der Waals surface area contributed by atoms with Crippen molar-refractivity contribution in [3.05, 3.63) is 47.9 Å². The number of nitrogens with one attached hydrogen (secondary N) is 1. The number of nitrogens with two attached hydrogens (primary N) is 1. The van der Waals surface area contributed by atoms with Gasteiger partial charge in [0.25, 0.3) is 5.91 Å². The van der Waals surface area contributed by atoms with Crippen molar-refractivity contribution in [2.24, 2.45) is 5.73 Å². The second-order valence-corrected chi connectivity index (χ2v) is 7.41. The molecule has 128 valence electrons. The minimum Gasteiger partial charge on any atom is -0.364 e. The van der Waals surface area contributed by atoms with E-state index in [1.54, 1.807) is 11.0 Å². The fourth-order valence-corrected chi connectivity index (χ4v) is 3.51. The van der Waals surface area contributed by atoms with Crippen molar-refractivity contribution in [1.82, 2.24) is 14.8 Å². The van der Waals surface area contributed by atoms with E-state index in [1.165, 1.54) is 30.5 Å². The number of carbonyl (C=O) groups excluding carboxylic acids is 1. The highest BCUT2D eigenvalue weighted by Crippen LogP contribution is 2.15. The van der Waals surface area contributed by atoms with Gasteiger partial charge in [-0.25, -0.2) is 13.1 Å². The normalized spacial score (nSPS) is 18.0. The number of hydrogen-bond acceptors (Lipinski definition) is 6. The number of carbonyl (C=O) groups is 1. The first-order valence-electron chi connectivity index (χ1n) is 7.49. The van der Waals surface area contributed by atoms with E-state index in [0.29, 0.717) is 24.3 Å². The molecule has 1 aliphatic heterocycles. The molecule has 1 saturated heterocycles. The molecule has 0 aliphatic carbocycles. The maximum absolute atomic E-state index is 12.3. The number of rotatable bonds is 5. The van der Waals surface area contributed by atoms with E-state index in [2.05, 4.69) is 14.4 Å². The van der Waals surface area contributed by atoms with Gasteiger partial charge in [-0.3, -0.25) is 4.79 Å². The Labute approximate surface area is 139 Å². The van der Waals surface area contributed by atoms with E-state index in [0.717, 1.165) is 6.42 Å². The Morgan fingerprint density at radius 1 is 1.33 bits per heavy atom. The summed E-state index contributed by atoms with van der Waals surface area (Å²) in [5.74, 6) is -0.137. The van der Waals surface area contributed by atoms with Crippen LogP contribution in [0.3, 0.4) is 0 Å². The molecule has 0 spiro atoms. The molecule has 0 bridgehead atoms. The molecule has 3 N–H and O–H groups in total. The van der Waals surface area contributed by atoms with Gasteiger partial charge in [-0.15, -0.1) is 0 Å². The highest BCUT2D eigenvalue weighted by atomic mass is 32.2. The molecule has 0 saturated carbocycles. The summed E-state index contributed by atoms with van der Waals surface area (Å²) in [5, 5.41) is 3.64. The van der Waals surface area contributed by atoms with Gasteiger partial charge < -0.3 is 15.2 Å². The SMILES string of the molecule is NC1CCN(C(=O)c2ccc(S(=O)(=O)NCc3ccon3)cc2)C1. The summed E-state index contributed by atoms with van der Waals surface area (Å²) in [7, 11) is -3.68. The number of sulfonamides is 1. The maximum Gasteiger partial charge on any atom is 0.253 e. The number of hydrogen-bond donors (Lipinski definition) is 2. The first-order chi connectivity index (χ1) is 11.5. The summed E-state index contributed by atoms with van der Waals surface area (Å²) in [6.45, 7) is 1.18. The molecule has 3 rings (SSSR count). The second kappa shape index (κ2) is 6.71. The Morgan fingerprint density at radius 3 is 2.67 bits per heavy atom. The van der Waals surface area contributed by atoms with Gasteiger partial charge in [0.2, 0.25) is 10.0 Å². The zero-order chi connectivity index (χ0) is 17.2. The van der Waals surface area contributed by atoms with E-state index in [-0.39, 0.29) is 23.4 Å². The predicted octanol–water partition coefficient (Wildman–Crippen LogP) is 0.326. The largest absolute Gasteiger partial charge is 0.364 e. The molecule has 8 nitrogen and oxygen atoms in total. The summed E-state index contributed by atoms with van der Waals surface area (Å²) < 4.78 is 31.5. The molecule has 1 aliphatic rings. The third-order valence-electron chi connectivity index (χ3n) is 3.86. The Kier molecular flexibility index (Phi) is 4.65. The number of amides is 1. The summed E-state index contributed by atoms with van der Waals surface area (Å²) in [6, 6.07) is 7.43. The lowest BCUT2D eigenvalue weighted by Gasteiger charge is -2.16. The van der Waals surface area contributed by atoms with Crippen molar-refractivity contribution < 1.29 is 17.7 Å². The number of aromatic nitrogens is 1. The molecule has 1 aromatic heterocycles. The summed E-state index contributed by atoms with van der Waals surface area (Å²) >= 11 is 0. The van der Waals surface area contributed by atoms with Gasteiger partial charge in [-0.1, -0.05) is 5.16 Å². The monoisotopic (exact) mass is 350 g/mol. The van der Waals surface area contributed by atoms with Crippen LogP contribution in [-0.4, -0.2) is 43.5 Å². The van der Waals surface area contributed by atoms with Crippen molar-refractivity contribution in [1.29, 1.82) is 0 Å². The van der Waals surface area contributed by atoms with Crippen molar-refractivity contribution in [3.8, 4) is 0 Å². The number of benzene rings is 1. The third-order valence-corrected chi connectivity index (χ3v) is 5.28. The summed E-state index contributed by atoms with van der Waals surface area (Å²) in [4.78, 5) is 14.1. The predicted molar refractivity (Wildman–Crippen MR) is 85.5 cm³/mol. The first kappa shape index (κ1) is 16.6. The zero-order valence-electron chi connectivity index (χ0n) is 12.9. The van der Waals surface area contributed by atoms with Crippen molar-refractivity contribution >= 4 is 15.9 Å². The number of nitrogens with zero attached hydrogens (tertiary/aromatic N) is 2. The van der Waals surface area contributed by atoms with E-state index in [4.69, 9.17) is 5.73 Å². The highest BCUT2D eigenvalue weighted by molar-refractivity contribution is 7.89. The lowest BCUT2D eigenvalue weighted by atomic mass is 10.2. The van der Waals surface area contributed by atoms with Crippen molar-refractivity contribution in [2.75, 3.05) is 13.1 Å². The topological polar surface area (TPSA) is 119 Å². The Morgan fingerprint density at radius 2 is 2.08 bits per heavy atom. The number of likely N-dealkylation sites (tertiary alicyclic amines) is 1. The van der Waals surface area contributed by atoms with Crippen LogP contribution >= 0.6 is 0 Å². The molecule has 1 amide bonds. The maximum atomic E-state index is 12.3. The molecule has 1 unspecified atom stereocenters. The molecule has 9 heteroatoms. The van der Waals surface area contributed by atoms with Gasteiger partial charge >= 0.3 is 0 Å². The molecule has 1 fully saturated rings. The van der Waals surface area contributed by atoms with Crippen molar-refractivity contribution in [2.45, 2.75) is 23.9 Å². The summed E-state index contributed by atoms with van der Waals surface area (Å²) in [5.41, 5.74) is 6.73. The standard InChI is InChI=1S/C15H18N4O4S/c16-12-5-7-19(10-12)15(20)11-1-3-14(4-2-11)24(21,22)17-9-13-6-8-23-18-13/h1-4,6,8,12,17H,5,7,9-10,16H2. The molecule has 24 heavy (non-hydrogen) atoms. The first-order valence-corrected chi connectivity index (χ1v) is 8.98. The minimum absolute atomic E-state index is 0.00864. The lowest BCUT2D eigenvalue weighted by Crippen LogP contribution is -2.31. The van der Waals surface area contributed by atoms with Gasteiger partial charge in [0.15, 0.2) is 0 Å². The van der Waals surface area contributed by atoms with Gasteiger partial charge in [0, 0.05) is 30.8 Å². The quantitative estimate of drug-likeness (QED) is 0.802. The highest BCUT2D eigenvalue weighted by Gasteiger charge is 2.25. The van der Waals surface area contributed by atoms with Gasteiger partial charge in [-0.2, -0.15) is 0 Å². The average molecular weight is 350 g/mol. The average Bonchev–Trinajstić information content (AvgIpc) is 3.24. The van der Waals surface area contributed by atoms with Gasteiger partial charge in [0.05, 0.1) is 17.1 Å².